The summed E-state index contributed by atoms with van der Waals surface area (Å²) in [5.74, 6) is 1.19. The van der Waals surface area contributed by atoms with Crippen molar-refractivity contribution in [2.45, 2.75) is 38.1 Å². The van der Waals surface area contributed by atoms with Gasteiger partial charge < -0.3 is 25.4 Å². The maximum atomic E-state index is 13.1. The number of hydrogen-bond donors (Lipinski definition) is 3. The van der Waals surface area contributed by atoms with Crippen molar-refractivity contribution < 1.29 is 19.1 Å². The van der Waals surface area contributed by atoms with Gasteiger partial charge in [-0.1, -0.05) is 19.8 Å². The third-order valence-corrected chi connectivity index (χ3v) is 5.83. The summed E-state index contributed by atoms with van der Waals surface area (Å²) in [5, 5.41) is 9.22. The van der Waals surface area contributed by atoms with Gasteiger partial charge in [-0.3, -0.25) is 9.59 Å². The molecule has 0 spiro atoms. The summed E-state index contributed by atoms with van der Waals surface area (Å²) in [6.45, 7) is 3.66. The summed E-state index contributed by atoms with van der Waals surface area (Å²) in [7, 11) is 3.12. The highest BCUT2D eigenvalue weighted by molar-refractivity contribution is 6.01. The Morgan fingerprint density at radius 1 is 1.15 bits per heavy atom. The fourth-order valence-corrected chi connectivity index (χ4v) is 3.78. The largest absolute Gasteiger partial charge is 0.493 e. The minimum Gasteiger partial charge on any atom is -0.493 e. The minimum absolute atomic E-state index is 0.0362. The monoisotopic (exact) mass is 375 g/mol. The van der Waals surface area contributed by atoms with Gasteiger partial charge >= 0.3 is 0 Å². The minimum atomic E-state index is -0.838. The van der Waals surface area contributed by atoms with Crippen LogP contribution >= 0.6 is 0 Å². The number of anilines is 1. The molecule has 7 nitrogen and oxygen atoms in total. The average molecular weight is 375 g/mol. The number of methoxy groups -OCH3 is 2. The Labute approximate surface area is 160 Å². The molecule has 3 N–H and O–H groups in total. The van der Waals surface area contributed by atoms with E-state index in [9.17, 15) is 9.59 Å². The van der Waals surface area contributed by atoms with E-state index in [2.05, 4.69) is 16.0 Å². The molecule has 0 radical (unpaired) electrons. The summed E-state index contributed by atoms with van der Waals surface area (Å²) < 4.78 is 10.5. The van der Waals surface area contributed by atoms with Crippen LogP contribution in [-0.4, -0.2) is 44.7 Å². The van der Waals surface area contributed by atoms with E-state index in [0.29, 0.717) is 35.9 Å². The van der Waals surface area contributed by atoms with E-state index >= 15 is 0 Å². The van der Waals surface area contributed by atoms with Crippen LogP contribution < -0.4 is 25.4 Å². The Balaban J connectivity index is 1.72. The van der Waals surface area contributed by atoms with Crippen LogP contribution in [0.1, 0.15) is 32.6 Å². The van der Waals surface area contributed by atoms with E-state index in [4.69, 9.17) is 9.47 Å². The highest BCUT2D eigenvalue weighted by atomic mass is 16.5. The number of ether oxygens (including phenoxy) is 2. The van der Waals surface area contributed by atoms with Gasteiger partial charge in [0.05, 0.1) is 14.2 Å². The quantitative estimate of drug-likeness (QED) is 0.678. The zero-order chi connectivity index (χ0) is 19.4. The van der Waals surface area contributed by atoms with Gasteiger partial charge in [-0.2, -0.15) is 0 Å². The van der Waals surface area contributed by atoms with Gasteiger partial charge in [-0.15, -0.1) is 0 Å². The summed E-state index contributed by atoms with van der Waals surface area (Å²) >= 11 is 0. The van der Waals surface area contributed by atoms with E-state index in [1.165, 1.54) is 0 Å². The number of benzene rings is 1. The van der Waals surface area contributed by atoms with Gasteiger partial charge in [0.1, 0.15) is 5.54 Å². The summed E-state index contributed by atoms with van der Waals surface area (Å²) in [5.41, 5.74) is -0.218. The first kappa shape index (κ1) is 19.5. The van der Waals surface area contributed by atoms with Crippen LogP contribution in [0.4, 0.5) is 5.69 Å². The third kappa shape index (κ3) is 4.03. The van der Waals surface area contributed by atoms with Gasteiger partial charge in [-0.25, -0.2) is 0 Å². The van der Waals surface area contributed by atoms with E-state index in [0.717, 1.165) is 25.9 Å². The smallest absolute Gasteiger partial charge is 0.250 e. The molecule has 148 valence electrons. The van der Waals surface area contributed by atoms with E-state index in [-0.39, 0.29) is 17.7 Å². The Morgan fingerprint density at radius 2 is 1.81 bits per heavy atom. The van der Waals surface area contributed by atoms with Gasteiger partial charge in [0.2, 0.25) is 11.8 Å². The fourth-order valence-electron chi connectivity index (χ4n) is 3.78. The van der Waals surface area contributed by atoms with Crippen molar-refractivity contribution in [3.63, 3.8) is 0 Å². The number of nitrogens with one attached hydrogen (secondary N) is 3. The number of carbonyl (C=O) groups is 2. The molecule has 2 fully saturated rings. The fraction of sp³-hybridized carbons (Fsp3) is 0.600. The molecule has 1 atom stereocenters. The summed E-state index contributed by atoms with van der Waals surface area (Å²) in [6, 6.07) is 5.25. The number of hydrogen-bond acceptors (Lipinski definition) is 5. The first-order chi connectivity index (χ1) is 13.0. The molecule has 1 aromatic carbocycles. The highest BCUT2D eigenvalue weighted by Crippen LogP contribution is 2.34. The Kier molecular flexibility index (Phi) is 5.89. The third-order valence-electron chi connectivity index (χ3n) is 5.83. The molecular weight excluding hydrogens is 346 g/mol. The van der Waals surface area contributed by atoms with Crippen LogP contribution in [0, 0.1) is 11.8 Å². The highest BCUT2D eigenvalue weighted by Gasteiger charge is 2.44. The molecule has 3 rings (SSSR count). The first-order valence-electron chi connectivity index (χ1n) is 9.55. The molecule has 27 heavy (non-hydrogen) atoms. The second-order valence-electron chi connectivity index (χ2n) is 7.51. The van der Waals surface area contributed by atoms with Gasteiger partial charge in [0.15, 0.2) is 11.5 Å². The van der Waals surface area contributed by atoms with Crippen molar-refractivity contribution in [3.05, 3.63) is 18.2 Å². The van der Waals surface area contributed by atoms with Crippen LogP contribution in [0.3, 0.4) is 0 Å². The molecule has 1 saturated carbocycles. The van der Waals surface area contributed by atoms with Gasteiger partial charge in [0, 0.05) is 17.7 Å². The molecule has 1 aliphatic heterocycles. The van der Waals surface area contributed by atoms with Gasteiger partial charge in [-0.05, 0) is 44.0 Å². The maximum absolute atomic E-state index is 13.1. The molecule has 0 bridgehead atoms. The Morgan fingerprint density at radius 3 is 2.37 bits per heavy atom. The van der Waals surface area contributed by atoms with Crippen molar-refractivity contribution in [2.24, 2.45) is 11.8 Å². The van der Waals surface area contributed by atoms with Crippen LogP contribution in [0.5, 0.6) is 11.5 Å². The lowest BCUT2D eigenvalue weighted by molar-refractivity contribution is -0.133. The number of amides is 2. The lowest BCUT2D eigenvalue weighted by Crippen LogP contribution is -2.58. The molecule has 2 aliphatic rings. The molecule has 1 unspecified atom stereocenters. The van der Waals surface area contributed by atoms with E-state index < -0.39 is 5.54 Å². The standard InChI is InChI=1S/C20H29N3O4/c1-13(14-11-21-12-14)18(24)23-20(8-4-5-9-20)19(25)22-15-6-7-16(26-2)17(10-15)27-3/h6-7,10,13-14,21H,4-5,8-9,11-12H2,1-3H3,(H,22,25)(H,23,24). The van der Waals surface area contributed by atoms with E-state index in [1.807, 2.05) is 6.92 Å². The number of rotatable bonds is 7. The number of carbonyl (C=O) groups excluding carboxylic acids is 2. The van der Waals surface area contributed by atoms with Crippen molar-refractivity contribution in [2.75, 3.05) is 32.6 Å². The predicted octanol–water partition coefficient (Wildman–Crippen LogP) is 1.93. The molecule has 1 saturated heterocycles. The first-order valence-corrected chi connectivity index (χ1v) is 9.55. The summed E-state index contributed by atoms with van der Waals surface area (Å²) in [4.78, 5) is 25.8. The molecule has 1 aromatic rings. The predicted molar refractivity (Wildman–Crippen MR) is 103 cm³/mol. The van der Waals surface area contributed by atoms with Crippen molar-refractivity contribution in [1.82, 2.24) is 10.6 Å². The zero-order valence-corrected chi connectivity index (χ0v) is 16.3. The van der Waals surface area contributed by atoms with Crippen LogP contribution in [0.2, 0.25) is 0 Å². The summed E-state index contributed by atoms with van der Waals surface area (Å²) in [6.07, 6.45) is 3.18. The Hall–Kier alpha value is -2.28. The lowest BCUT2D eigenvalue weighted by atomic mass is 9.86. The Bertz CT molecular complexity index is 696. The molecule has 7 heteroatoms. The normalized spacial score (nSPS) is 19.7. The SMILES string of the molecule is COc1ccc(NC(=O)C2(NC(=O)C(C)C3CNC3)CCCC2)cc1OC. The topological polar surface area (TPSA) is 88.7 Å². The van der Waals surface area contributed by atoms with Crippen molar-refractivity contribution in [3.8, 4) is 11.5 Å². The van der Waals surface area contributed by atoms with Crippen LogP contribution in [0.15, 0.2) is 18.2 Å². The zero-order valence-electron chi connectivity index (χ0n) is 16.3. The molecule has 1 heterocycles. The molecule has 1 aliphatic carbocycles. The molecular formula is C20H29N3O4. The van der Waals surface area contributed by atoms with Crippen LogP contribution in [0.25, 0.3) is 0 Å². The molecule has 0 aromatic heterocycles. The second-order valence-corrected chi connectivity index (χ2v) is 7.51. The lowest BCUT2D eigenvalue weighted by Gasteiger charge is -2.35. The van der Waals surface area contributed by atoms with Crippen LogP contribution in [-0.2, 0) is 9.59 Å². The van der Waals surface area contributed by atoms with Crippen molar-refractivity contribution >= 4 is 17.5 Å². The second kappa shape index (κ2) is 8.17. The molecule has 2 amide bonds. The van der Waals surface area contributed by atoms with E-state index in [1.54, 1.807) is 32.4 Å². The van der Waals surface area contributed by atoms with Gasteiger partial charge in [0.25, 0.3) is 0 Å². The van der Waals surface area contributed by atoms with Crippen molar-refractivity contribution in [1.29, 1.82) is 0 Å². The average Bonchev–Trinajstić information content (AvgIpc) is 3.09. The maximum Gasteiger partial charge on any atom is 0.250 e.